The molecule has 0 spiro atoms. The lowest BCUT2D eigenvalue weighted by Crippen LogP contribution is -2.31. The van der Waals surface area contributed by atoms with Crippen LogP contribution >= 0.6 is 0 Å². The van der Waals surface area contributed by atoms with Gasteiger partial charge in [0.05, 0.1) is 12.7 Å². The number of methoxy groups -OCH3 is 1. The lowest BCUT2D eigenvalue weighted by atomic mass is 9.95. The molecule has 0 fully saturated rings. The van der Waals surface area contributed by atoms with Gasteiger partial charge < -0.3 is 15.0 Å². The molecule has 0 aromatic heterocycles. The number of ether oxygens (including phenoxy) is 1. The van der Waals surface area contributed by atoms with Crippen molar-refractivity contribution in [3.63, 3.8) is 0 Å². The third kappa shape index (κ3) is 4.92. The summed E-state index contributed by atoms with van der Waals surface area (Å²) in [7, 11) is 5.23. The topological polar surface area (TPSA) is 58.6 Å². The number of nitrogens with zero attached hydrogens (tertiary/aromatic N) is 1. The van der Waals surface area contributed by atoms with E-state index < -0.39 is 5.97 Å². The largest absolute Gasteiger partial charge is 0.465 e. The number of carbonyl (C=O) groups is 2. The van der Waals surface area contributed by atoms with E-state index in [0.717, 1.165) is 28.8 Å². The lowest BCUT2D eigenvalue weighted by Gasteiger charge is -2.13. The molecule has 2 aromatic carbocycles. The predicted octanol–water partition coefficient (Wildman–Crippen LogP) is 3.05. The summed E-state index contributed by atoms with van der Waals surface area (Å²) in [4.78, 5) is 26.6. The fourth-order valence-corrected chi connectivity index (χ4v) is 2.69. The molecule has 0 saturated carbocycles. The molecule has 0 aliphatic carbocycles. The van der Waals surface area contributed by atoms with Crippen molar-refractivity contribution in [2.24, 2.45) is 0 Å². The number of carbonyl (C=O) groups excluding carboxylic acids is 2. The minimum atomic E-state index is -0.459. The van der Waals surface area contributed by atoms with Crippen LogP contribution in [-0.2, 0) is 4.74 Å². The van der Waals surface area contributed by atoms with E-state index in [1.54, 1.807) is 12.1 Å². The maximum Gasteiger partial charge on any atom is 0.337 e. The molecule has 0 atom stereocenters. The van der Waals surface area contributed by atoms with E-state index in [9.17, 15) is 9.59 Å². The van der Waals surface area contributed by atoms with Crippen molar-refractivity contribution in [2.45, 2.75) is 13.8 Å². The van der Waals surface area contributed by atoms with E-state index in [1.165, 1.54) is 7.11 Å². The van der Waals surface area contributed by atoms with Gasteiger partial charge in [0, 0.05) is 18.7 Å². The summed E-state index contributed by atoms with van der Waals surface area (Å²) in [6.45, 7) is 5.30. The fourth-order valence-electron chi connectivity index (χ4n) is 2.69. The van der Waals surface area contributed by atoms with Crippen LogP contribution in [0.3, 0.4) is 0 Å². The smallest absolute Gasteiger partial charge is 0.337 e. The van der Waals surface area contributed by atoms with Gasteiger partial charge in [-0.25, -0.2) is 4.79 Å². The van der Waals surface area contributed by atoms with Crippen molar-refractivity contribution in [3.8, 4) is 11.1 Å². The Morgan fingerprint density at radius 3 is 2.38 bits per heavy atom. The number of amides is 1. The maximum atomic E-state index is 12.5. The van der Waals surface area contributed by atoms with Gasteiger partial charge >= 0.3 is 5.97 Å². The van der Waals surface area contributed by atoms with Crippen LogP contribution in [0.15, 0.2) is 36.4 Å². The molecule has 0 saturated heterocycles. The highest BCUT2D eigenvalue weighted by molar-refractivity contribution is 6.00. The molecule has 0 unspecified atom stereocenters. The van der Waals surface area contributed by atoms with Crippen molar-refractivity contribution < 1.29 is 14.3 Å². The third-order valence-corrected chi connectivity index (χ3v) is 4.16. The first-order chi connectivity index (χ1) is 12.3. The van der Waals surface area contributed by atoms with Crippen molar-refractivity contribution in [1.29, 1.82) is 0 Å². The minimum absolute atomic E-state index is 0.204. The molecule has 0 aliphatic rings. The van der Waals surface area contributed by atoms with Crippen LogP contribution in [-0.4, -0.2) is 51.1 Å². The Hall–Kier alpha value is -2.66. The number of likely N-dealkylation sites (N-methyl/N-ethyl adjacent to an activating group) is 1. The maximum absolute atomic E-state index is 12.5. The van der Waals surface area contributed by atoms with Crippen LogP contribution < -0.4 is 5.32 Å². The molecular formula is C21H26N2O3. The van der Waals surface area contributed by atoms with E-state index in [-0.39, 0.29) is 5.91 Å². The van der Waals surface area contributed by atoms with Crippen LogP contribution in [0, 0.1) is 13.8 Å². The summed E-state index contributed by atoms with van der Waals surface area (Å²) >= 11 is 0. The molecule has 1 N–H and O–H groups in total. The lowest BCUT2D eigenvalue weighted by molar-refractivity contribution is 0.0600. The second-order valence-electron chi connectivity index (χ2n) is 6.67. The van der Waals surface area contributed by atoms with Gasteiger partial charge in [-0.05, 0) is 62.8 Å². The van der Waals surface area contributed by atoms with E-state index in [4.69, 9.17) is 4.74 Å². The number of rotatable bonds is 6. The van der Waals surface area contributed by atoms with Gasteiger partial charge in [-0.15, -0.1) is 0 Å². The minimum Gasteiger partial charge on any atom is -0.465 e. The Bertz CT molecular complexity index is 813. The summed E-state index contributed by atoms with van der Waals surface area (Å²) in [6, 6.07) is 11.3. The first kappa shape index (κ1) is 19.7. The Morgan fingerprint density at radius 2 is 1.73 bits per heavy atom. The van der Waals surface area contributed by atoms with Gasteiger partial charge in [0.1, 0.15) is 0 Å². The van der Waals surface area contributed by atoms with E-state index >= 15 is 0 Å². The van der Waals surface area contributed by atoms with Crippen LogP contribution in [0.1, 0.15) is 31.8 Å². The van der Waals surface area contributed by atoms with Gasteiger partial charge in [0.25, 0.3) is 5.91 Å². The molecule has 1 amide bonds. The molecule has 0 heterocycles. The number of benzene rings is 2. The van der Waals surface area contributed by atoms with Crippen LogP contribution in [0.4, 0.5) is 0 Å². The van der Waals surface area contributed by atoms with Crippen LogP contribution in [0.2, 0.25) is 0 Å². The zero-order chi connectivity index (χ0) is 19.3. The Balaban J connectivity index is 2.44. The highest BCUT2D eigenvalue weighted by atomic mass is 16.5. The summed E-state index contributed by atoms with van der Waals surface area (Å²) in [5.74, 6) is -0.663. The first-order valence-electron chi connectivity index (χ1n) is 8.55. The molecule has 0 bridgehead atoms. The second kappa shape index (κ2) is 8.63. The third-order valence-electron chi connectivity index (χ3n) is 4.16. The molecule has 0 radical (unpaired) electrons. The monoisotopic (exact) mass is 354 g/mol. The quantitative estimate of drug-likeness (QED) is 0.810. The van der Waals surface area contributed by atoms with Gasteiger partial charge in [0.15, 0.2) is 0 Å². The second-order valence-corrected chi connectivity index (χ2v) is 6.67. The molecule has 26 heavy (non-hydrogen) atoms. The Kier molecular flexibility index (Phi) is 6.52. The van der Waals surface area contributed by atoms with Crippen molar-refractivity contribution in [1.82, 2.24) is 10.2 Å². The standard InChI is InChI=1S/C21H26N2O3/c1-14-6-7-15(2)19(10-14)16-11-17(13-18(12-16)21(25)26-5)20(24)22-8-9-23(3)4/h6-7,10-13H,8-9H2,1-5H3,(H,22,24). The van der Waals surface area contributed by atoms with Crippen molar-refractivity contribution >= 4 is 11.9 Å². The van der Waals surface area contributed by atoms with E-state index in [1.807, 2.05) is 51.0 Å². The fraction of sp³-hybridized carbons (Fsp3) is 0.333. The number of nitrogens with one attached hydrogen (secondary N) is 1. The molecule has 2 rings (SSSR count). The molecule has 5 nitrogen and oxygen atoms in total. The van der Waals surface area contributed by atoms with Gasteiger partial charge in [-0.1, -0.05) is 23.8 Å². The average Bonchev–Trinajstić information content (AvgIpc) is 2.62. The van der Waals surface area contributed by atoms with Gasteiger partial charge in [0.2, 0.25) is 0 Å². The number of hydrogen-bond donors (Lipinski definition) is 1. The molecule has 5 heteroatoms. The SMILES string of the molecule is COC(=O)c1cc(C(=O)NCCN(C)C)cc(-c2cc(C)ccc2C)c1. The summed E-state index contributed by atoms with van der Waals surface area (Å²) in [5.41, 5.74) is 4.83. The highest BCUT2D eigenvalue weighted by Gasteiger charge is 2.15. The zero-order valence-corrected chi connectivity index (χ0v) is 16.1. The van der Waals surface area contributed by atoms with Gasteiger partial charge in [-0.2, -0.15) is 0 Å². The zero-order valence-electron chi connectivity index (χ0n) is 16.1. The first-order valence-corrected chi connectivity index (χ1v) is 8.55. The van der Waals surface area contributed by atoms with Crippen LogP contribution in [0.25, 0.3) is 11.1 Å². The van der Waals surface area contributed by atoms with Gasteiger partial charge in [-0.3, -0.25) is 4.79 Å². The van der Waals surface area contributed by atoms with E-state index in [0.29, 0.717) is 17.7 Å². The average molecular weight is 354 g/mol. The summed E-state index contributed by atoms with van der Waals surface area (Å²) in [6.07, 6.45) is 0. The number of esters is 1. The van der Waals surface area contributed by atoms with Crippen molar-refractivity contribution in [3.05, 3.63) is 58.7 Å². The summed E-state index contributed by atoms with van der Waals surface area (Å²) in [5, 5.41) is 2.89. The summed E-state index contributed by atoms with van der Waals surface area (Å²) < 4.78 is 4.85. The molecular weight excluding hydrogens is 328 g/mol. The number of aryl methyl sites for hydroxylation is 2. The van der Waals surface area contributed by atoms with Crippen LogP contribution in [0.5, 0.6) is 0 Å². The Labute approximate surface area is 155 Å². The van der Waals surface area contributed by atoms with E-state index in [2.05, 4.69) is 11.4 Å². The molecule has 138 valence electrons. The molecule has 0 aliphatic heterocycles. The highest BCUT2D eigenvalue weighted by Crippen LogP contribution is 2.27. The van der Waals surface area contributed by atoms with Crippen molar-refractivity contribution in [2.75, 3.05) is 34.3 Å². The number of hydrogen-bond acceptors (Lipinski definition) is 4. The molecule has 2 aromatic rings. The Morgan fingerprint density at radius 1 is 1.04 bits per heavy atom. The predicted molar refractivity (Wildman–Crippen MR) is 104 cm³/mol. The normalized spacial score (nSPS) is 10.7.